The van der Waals surface area contributed by atoms with E-state index in [2.05, 4.69) is 0 Å². The normalized spacial score (nSPS) is 23.9. The van der Waals surface area contributed by atoms with Crippen LogP contribution in [0.4, 0.5) is 0 Å². The molecule has 0 radical (unpaired) electrons. The second-order valence-corrected chi connectivity index (χ2v) is 4.97. The molecular formula is C15H19NO5. The second-order valence-electron chi connectivity index (χ2n) is 4.97. The van der Waals surface area contributed by atoms with Crippen LogP contribution in [0.5, 0.6) is 0 Å². The van der Waals surface area contributed by atoms with E-state index in [1.54, 1.807) is 37.3 Å². The summed E-state index contributed by atoms with van der Waals surface area (Å²) < 4.78 is 5.00. The van der Waals surface area contributed by atoms with Gasteiger partial charge in [-0.15, -0.1) is 0 Å². The Morgan fingerprint density at radius 1 is 1.33 bits per heavy atom. The Bertz CT molecular complexity index is 518. The van der Waals surface area contributed by atoms with Gasteiger partial charge in [0, 0.05) is 19.2 Å². The number of ketones is 1. The van der Waals surface area contributed by atoms with Gasteiger partial charge < -0.3 is 9.84 Å². The van der Waals surface area contributed by atoms with Gasteiger partial charge in [0.1, 0.15) is 0 Å². The summed E-state index contributed by atoms with van der Waals surface area (Å²) in [5.74, 6) is -1.66. The number of ether oxygens (including phenoxy) is 1. The predicted molar refractivity (Wildman–Crippen MR) is 74.6 cm³/mol. The van der Waals surface area contributed by atoms with Gasteiger partial charge >= 0.3 is 5.97 Å². The molecule has 2 rings (SSSR count). The number of hydrogen-bond acceptors (Lipinski definition) is 5. The van der Waals surface area contributed by atoms with Gasteiger partial charge in [0.2, 0.25) is 5.54 Å². The molecule has 114 valence electrons. The number of carbonyl (C=O) groups is 2. The third kappa shape index (κ3) is 2.83. The number of carboxylic acid groups (broad SMARTS) is 1. The first-order valence-electron chi connectivity index (χ1n) is 6.83. The van der Waals surface area contributed by atoms with Crippen molar-refractivity contribution >= 4 is 11.8 Å². The number of methoxy groups -OCH3 is 1. The molecule has 1 aliphatic heterocycles. The molecule has 2 unspecified atom stereocenters. The maximum absolute atomic E-state index is 12.7. The Kier molecular flexibility index (Phi) is 4.72. The van der Waals surface area contributed by atoms with Crippen LogP contribution in [0.3, 0.4) is 0 Å². The van der Waals surface area contributed by atoms with Crippen molar-refractivity contribution in [3.05, 3.63) is 35.9 Å². The molecule has 0 spiro atoms. The molecule has 0 saturated carbocycles. The highest BCUT2D eigenvalue weighted by atomic mass is 16.8. The Labute approximate surface area is 123 Å². The van der Waals surface area contributed by atoms with Crippen LogP contribution in [0.1, 0.15) is 30.1 Å². The van der Waals surface area contributed by atoms with Crippen molar-refractivity contribution in [1.29, 1.82) is 0 Å². The van der Waals surface area contributed by atoms with Crippen LogP contribution >= 0.6 is 0 Å². The summed E-state index contributed by atoms with van der Waals surface area (Å²) in [5.41, 5.74) is -1.32. The summed E-state index contributed by atoms with van der Waals surface area (Å²) in [4.78, 5) is 30.1. The molecule has 1 aromatic carbocycles. The van der Waals surface area contributed by atoms with Crippen molar-refractivity contribution in [1.82, 2.24) is 5.06 Å². The number of nitrogens with zero attached hydrogens (tertiary/aromatic N) is 1. The Hall–Kier alpha value is -1.76. The van der Waals surface area contributed by atoms with Crippen molar-refractivity contribution in [2.75, 3.05) is 13.7 Å². The molecule has 1 heterocycles. The minimum Gasteiger partial charge on any atom is -0.479 e. The summed E-state index contributed by atoms with van der Waals surface area (Å²) in [6.07, 6.45) is 0.166. The van der Waals surface area contributed by atoms with Crippen LogP contribution in [-0.2, 0) is 14.4 Å². The molecule has 1 aromatic rings. The summed E-state index contributed by atoms with van der Waals surface area (Å²) in [6.45, 7) is 2.02. The maximum atomic E-state index is 12.7. The first-order chi connectivity index (χ1) is 10.0. The van der Waals surface area contributed by atoms with E-state index in [0.717, 1.165) is 0 Å². The highest BCUT2D eigenvalue weighted by molar-refractivity contribution is 6.16. The predicted octanol–water partition coefficient (Wildman–Crippen LogP) is 1.71. The lowest BCUT2D eigenvalue weighted by Gasteiger charge is -2.33. The number of hydrogen-bond donors (Lipinski definition) is 1. The van der Waals surface area contributed by atoms with Gasteiger partial charge in [0.25, 0.3) is 0 Å². The molecule has 6 nitrogen and oxygen atoms in total. The molecule has 1 fully saturated rings. The first-order valence-corrected chi connectivity index (χ1v) is 6.83. The number of aliphatic carboxylic acids is 1. The smallest absolute Gasteiger partial charge is 0.334 e. The van der Waals surface area contributed by atoms with E-state index < -0.39 is 23.6 Å². The van der Waals surface area contributed by atoms with E-state index in [1.165, 1.54) is 12.2 Å². The lowest BCUT2D eigenvalue weighted by atomic mass is 9.87. The SMILES string of the molecule is COC(C)ON1CCCC1(C(=O)O)C(=O)c1ccccc1. The van der Waals surface area contributed by atoms with Crippen molar-refractivity contribution in [2.24, 2.45) is 0 Å². The fourth-order valence-corrected chi connectivity index (χ4v) is 2.52. The Morgan fingerprint density at radius 3 is 2.57 bits per heavy atom. The molecule has 1 aliphatic rings. The highest BCUT2D eigenvalue weighted by Crippen LogP contribution is 2.34. The maximum Gasteiger partial charge on any atom is 0.334 e. The van der Waals surface area contributed by atoms with E-state index in [4.69, 9.17) is 9.57 Å². The number of Topliss-reactive ketones (excluding diaryl/α,β-unsaturated/α-hetero) is 1. The highest BCUT2D eigenvalue weighted by Gasteiger charge is 2.55. The van der Waals surface area contributed by atoms with Gasteiger partial charge in [0.15, 0.2) is 12.1 Å². The fraction of sp³-hybridized carbons (Fsp3) is 0.467. The number of carbonyl (C=O) groups excluding carboxylic acids is 1. The molecule has 0 bridgehead atoms. The van der Waals surface area contributed by atoms with Crippen molar-refractivity contribution in [3.8, 4) is 0 Å². The Morgan fingerprint density at radius 2 is 2.00 bits per heavy atom. The molecule has 0 aliphatic carbocycles. The third-order valence-electron chi connectivity index (χ3n) is 3.70. The average molecular weight is 293 g/mol. The van der Waals surface area contributed by atoms with Crippen LogP contribution in [0.25, 0.3) is 0 Å². The summed E-state index contributed by atoms with van der Waals surface area (Å²) in [7, 11) is 1.46. The zero-order valence-electron chi connectivity index (χ0n) is 12.1. The summed E-state index contributed by atoms with van der Waals surface area (Å²) in [6, 6.07) is 8.42. The van der Waals surface area contributed by atoms with Gasteiger partial charge in [-0.3, -0.25) is 9.63 Å². The quantitative estimate of drug-likeness (QED) is 0.489. The molecule has 21 heavy (non-hydrogen) atoms. The van der Waals surface area contributed by atoms with Gasteiger partial charge in [0.05, 0.1) is 0 Å². The molecule has 1 N–H and O–H groups in total. The fourth-order valence-electron chi connectivity index (χ4n) is 2.52. The lowest BCUT2D eigenvalue weighted by molar-refractivity contribution is -0.282. The molecule has 0 amide bonds. The molecule has 2 atom stereocenters. The number of benzene rings is 1. The van der Waals surface area contributed by atoms with E-state index in [1.807, 2.05) is 0 Å². The second kappa shape index (κ2) is 6.34. The van der Waals surface area contributed by atoms with E-state index >= 15 is 0 Å². The monoisotopic (exact) mass is 293 g/mol. The summed E-state index contributed by atoms with van der Waals surface area (Å²) >= 11 is 0. The molecule has 1 saturated heterocycles. The summed E-state index contributed by atoms with van der Waals surface area (Å²) in [5, 5.41) is 10.9. The van der Waals surface area contributed by atoms with Crippen LogP contribution in [0, 0.1) is 0 Å². The van der Waals surface area contributed by atoms with Crippen LogP contribution in [-0.4, -0.2) is 47.4 Å². The molecular weight excluding hydrogens is 274 g/mol. The van der Waals surface area contributed by atoms with E-state index in [-0.39, 0.29) is 6.42 Å². The number of rotatable bonds is 6. The third-order valence-corrected chi connectivity index (χ3v) is 3.70. The van der Waals surface area contributed by atoms with E-state index in [0.29, 0.717) is 18.5 Å². The average Bonchev–Trinajstić information content (AvgIpc) is 2.91. The van der Waals surface area contributed by atoms with Gasteiger partial charge in [-0.2, -0.15) is 5.06 Å². The van der Waals surface area contributed by atoms with E-state index in [9.17, 15) is 14.7 Å². The van der Waals surface area contributed by atoms with Crippen LogP contribution in [0.2, 0.25) is 0 Å². The number of carboxylic acids is 1. The van der Waals surface area contributed by atoms with Gasteiger partial charge in [-0.05, 0) is 19.8 Å². The van der Waals surface area contributed by atoms with Crippen molar-refractivity contribution < 1.29 is 24.3 Å². The van der Waals surface area contributed by atoms with Crippen LogP contribution in [0.15, 0.2) is 30.3 Å². The van der Waals surface area contributed by atoms with Crippen molar-refractivity contribution in [2.45, 2.75) is 31.6 Å². The van der Waals surface area contributed by atoms with Crippen molar-refractivity contribution in [3.63, 3.8) is 0 Å². The van der Waals surface area contributed by atoms with Gasteiger partial charge in [-0.1, -0.05) is 30.3 Å². The largest absolute Gasteiger partial charge is 0.479 e. The standard InChI is InChI=1S/C15H19NO5/c1-11(20-2)21-16-10-6-9-15(16,14(18)19)13(17)12-7-4-3-5-8-12/h3-5,7-8,11H,6,9-10H2,1-2H3,(H,18,19). The molecule has 0 aromatic heterocycles. The minimum atomic E-state index is -1.69. The molecule has 6 heteroatoms. The zero-order chi connectivity index (χ0) is 15.5. The lowest BCUT2D eigenvalue weighted by Crippen LogP contribution is -2.57. The minimum absolute atomic E-state index is 0.215. The number of hydroxylamine groups is 2. The Balaban J connectivity index is 2.36. The van der Waals surface area contributed by atoms with Gasteiger partial charge in [-0.25, -0.2) is 4.79 Å². The first kappa shape index (κ1) is 15.6. The van der Waals surface area contributed by atoms with Crippen LogP contribution < -0.4 is 0 Å². The zero-order valence-corrected chi connectivity index (χ0v) is 12.1. The topological polar surface area (TPSA) is 76.1 Å².